The molecule has 0 aromatic carbocycles. The molecule has 27 nitrogen and oxygen atoms in total. The average molecular weight is 1060 g/mol. The first kappa shape index (κ1) is 63.5. The summed E-state index contributed by atoms with van der Waals surface area (Å²) in [5.41, 5.74) is 0. The maximum atomic E-state index is 10.8. The van der Waals surface area contributed by atoms with E-state index < -0.39 is 80.4 Å². The Morgan fingerprint density at radius 3 is 0.750 bits per heavy atom. The smallest absolute Gasteiger partial charge is 0.104 e. The third kappa shape index (κ3) is 35.3. The number of epoxide rings is 4. The Morgan fingerprint density at radius 2 is 0.458 bits per heavy atom. The molecular formula is C45H84O27. The number of hydrogen-bond donors (Lipinski definition) is 9. The summed E-state index contributed by atoms with van der Waals surface area (Å²) in [6, 6.07) is 0. The van der Waals surface area contributed by atoms with Gasteiger partial charge in [0, 0.05) is 0 Å². The highest BCUT2D eigenvalue weighted by molar-refractivity contribution is 4.73. The molecule has 0 aromatic rings. The second-order valence-corrected chi connectivity index (χ2v) is 18.0. The van der Waals surface area contributed by atoms with E-state index in [1.54, 1.807) is 0 Å². The van der Waals surface area contributed by atoms with Crippen LogP contribution in [0.4, 0.5) is 0 Å². The molecule has 0 aliphatic carbocycles. The summed E-state index contributed by atoms with van der Waals surface area (Å²) in [5, 5.41) is 89.1. The van der Waals surface area contributed by atoms with E-state index in [9.17, 15) is 35.7 Å². The first-order chi connectivity index (χ1) is 35.0. The van der Waals surface area contributed by atoms with Gasteiger partial charge in [-0.05, 0) is 0 Å². The summed E-state index contributed by atoms with van der Waals surface area (Å²) < 4.78 is 101. The van der Waals surface area contributed by atoms with Gasteiger partial charge in [-0.15, -0.1) is 0 Å². The summed E-state index contributed by atoms with van der Waals surface area (Å²) in [5.74, 6) is 0. The first-order valence-electron chi connectivity index (χ1n) is 24.7. The lowest BCUT2D eigenvalue weighted by molar-refractivity contribution is -0.138. The Balaban J connectivity index is 1.21. The molecule has 4 aliphatic heterocycles. The molecule has 14 atom stereocenters. The lowest BCUT2D eigenvalue weighted by Crippen LogP contribution is -2.37. The molecule has 4 fully saturated rings. The van der Waals surface area contributed by atoms with E-state index in [4.69, 9.17) is 95.5 Å². The van der Waals surface area contributed by atoms with E-state index in [0.717, 1.165) is 0 Å². The van der Waals surface area contributed by atoms with E-state index in [0.29, 0.717) is 52.9 Å². The highest BCUT2D eigenvalue weighted by Crippen LogP contribution is 2.14. The Kier molecular flexibility index (Phi) is 34.6. The molecule has 4 rings (SSSR count). The number of aliphatic hydroxyl groups is 9. The monoisotopic (exact) mass is 1060 g/mol. The van der Waals surface area contributed by atoms with Crippen LogP contribution in [0.2, 0.25) is 0 Å². The fourth-order valence-corrected chi connectivity index (χ4v) is 5.92. The molecule has 0 aromatic heterocycles. The second kappa shape index (κ2) is 39.3. The Morgan fingerprint density at radius 1 is 0.264 bits per heavy atom. The molecule has 9 N–H and O–H groups in total. The van der Waals surface area contributed by atoms with Gasteiger partial charge in [0.25, 0.3) is 0 Å². The van der Waals surface area contributed by atoms with Crippen molar-refractivity contribution in [1.29, 1.82) is 0 Å². The number of ether oxygens (including phenoxy) is 18. The maximum absolute atomic E-state index is 10.8. The Hall–Kier alpha value is -1.08. The molecule has 14 unspecified atom stereocenters. The van der Waals surface area contributed by atoms with E-state index in [-0.39, 0.29) is 157 Å². The van der Waals surface area contributed by atoms with Gasteiger partial charge >= 0.3 is 0 Å². The Bertz CT molecular complexity index is 1250. The van der Waals surface area contributed by atoms with Gasteiger partial charge in [0.05, 0.1) is 198 Å². The predicted molar refractivity (Wildman–Crippen MR) is 242 cm³/mol. The minimum atomic E-state index is -1.12. The van der Waals surface area contributed by atoms with Crippen molar-refractivity contribution in [3.63, 3.8) is 0 Å². The van der Waals surface area contributed by atoms with Crippen molar-refractivity contribution in [2.45, 2.75) is 91.6 Å². The summed E-state index contributed by atoms with van der Waals surface area (Å²) in [4.78, 5) is 0. The summed E-state index contributed by atoms with van der Waals surface area (Å²) in [7, 11) is 0. The molecule has 72 heavy (non-hydrogen) atoms. The van der Waals surface area contributed by atoms with Gasteiger partial charge in [-0.2, -0.15) is 0 Å². The molecule has 426 valence electrons. The number of aliphatic hydroxyl groups excluding tert-OH is 9. The third-order valence-corrected chi connectivity index (χ3v) is 10.3. The van der Waals surface area contributed by atoms with Gasteiger partial charge in [-0.25, -0.2) is 0 Å². The second-order valence-electron chi connectivity index (χ2n) is 18.0. The van der Waals surface area contributed by atoms with Gasteiger partial charge in [0.1, 0.15) is 91.6 Å². The molecule has 4 saturated heterocycles. The molecule has 0 radical (unpaired) electrons. The third-order valence-electron chi connectivity index (χ3n) is 10.3. The van der Waals surface area contributed by atoms with Crippen LogP contribution >= 0.6 is 0 Å². The van der Waals surface area contributed by atoms with Crippen LogP contribution in [0.3, 0.4) is 0 Å². The fourth-order valence-electron chi connectivity index (χ4n) is 5.92. The molecule has 0 spiro atoms. The van der Waals surface area contributed by atoms with Crippen LogP contribution in [-0.4, -0.2) is 336 Å². The van der Waals surface area contributed by atoms with Gasteiger partial charge in [0.15, 0.2) is 0 Å². The SMILES string of the molecule is OCC(O)COCC(O)COCC(O)COC(COCC(O)CO)COCC(O)COC(COCC(COC(COCC1CO1)COCC1CO1)OCC(O)COCC(O)COCC1CO1)COCC1CO1. The van der Waals surface area contributed by atoms with Crippen molar-refractivity contribution >= 4 is 0 Å². The fraction of sp³-hybridized carbons (Fsp3) is 1.00. The van der Waals surface area contributed by atoms with Crippen LogP contribution in [0.1, 0.15) is 0 Å². The minimum Gasteiger partial charge on any atom is -0.394 e. The average Bonchev–Trinajstić information content (AvgIpc) is 4.13. The van der Waals surface area contributed by atoms with Crippen molar-refractivity contribution < 1.29 is 131 Å². The van der Waals surface area contributed by atoms with E-state index in [2.05, 4.69) is 0 Å². The summed E-state index contributed by atoms with van der Waals surface area (Å²) in [6.07, 6.45) is -9.79. The standard InChI is InChI=1S/C45H84O27/c46-1-31(48)3-55-5-33(50)6-56-9-35(52)12-65-38(15-58-4-32(49)2-47)16-60-11-37(54)13-66-39(18-62-23-43-28-70-43)17-61-22-41(67-14-36(53)10-57-7-34(51)8-59-21-42-27-69-42)26-68-40(19-63-24-44-29-71-44)20-64-25-45-30-72-45/h31-54H,1-30H2. The highest BCUT2D eigenvalue weighted by Gasteiger charge is 2.28. The molecule has 0 saturated carbocycles. The quantitative estimate of drug-likeness (QED) is 0.0256. The van der Waals surface area contributed by atoms with Gasteiger partial charge in [-0.3, -0.25) is 0 Å². The molecule has 4 heterocycles. The van der Waals surface area contributed by atoms with E-state index in [1.807, 2.05) is 0 Å². The van der Waals surface area contributed by atoms with Crippen molar-refractivity contribution in [3.05, 3.63) is 0 Å². The lowest BCUT2D eigenvalue weighted by Gasteiger charge is -2.25. The van der Waals surface area contributed by atoms with Crippen molar-refractivity contribution in [2.24, 2.45) is 0 Å². The van der Waals surface area contributed by atoms with Crippen LogP contribution in [0.15, 0.2) is 0 Å². The van der Waals surface area contributed by atoms with Crippen molar-refractivity contribution in [2.75, 3.05) is 198 Å². The van der Waals surface area contributed by atoms with Crippen LogP contribution in [0.5, 0.6) is 0 Å². The zero-order valence-electron chi connectivity index (χ0n) is 41.2. The van der Waals surface area contributed by atoms with Crippen LogP contribution in [0.25, 0.3) is 0 Å². The van der Waals surface area contributed by atoms with E-state index in [1.165, 1.54) is 0 Å². The zero-order valence-corrected chi connectivity index (χ0v) is 41.2. The summed E-state index contributed by atoms with van der Waals surface area (Å²) in [6.45, 7) is 1.81. The number of hydrogen-bond acceptors (Lipinski definition) is 27. The molecule has 4 aliphatic rings. The highest BCUT2D eigenvalue weighted by atomic mass is 16.6. The molecular weight excluding hydrogens is 972 g/mol. The van der Waals surface area contributed by atoms with E-state index >= 15 is 0 Å². The minimum absolute atomic E-state index is 0.000284. The normalized spacial score (nSPS) is 24.0. The topological polar surface area (TPSA) is 361 Å². The molecule has 0 amide bonds. The number of rotatable bonds is 54. The first-order valence-corrected chi connectivity index (χ1v) is 24.7. The maximum Gasteiger partial charge on any atom is 0.104 e. The predicted octanol–water partition coefficient (Wildman–Crippen LogP) is -6.20. The largest absolute Gasteiger partial charge is 0.394 e. The van der Waals surface area contributed by atoms with Crippen LogP contribution < -0.4 is 0 Å². The van der Waals surface area contributed by atoms with Crippen LogP contribution in [-0.2, 0) is 85.3 Å². The summed E-state index contributed by atoms with van der Waals surface area (Å²) >= 11 is 0. The zero-order chi connectivity index (χ0) is 51.6. The molecule has 0 bridgehead atoms. The van der Waals surface area contributed by atoms with Gasteiger partial charge in [0.2, 0.25) is 0 Å². The molecule has 27 heteroatoms. The van der Waals surface area contributed by atoms with Crippen LogP contribution in [0, 0.1) is 0 Å². The Labute approximate surface area is 420 Å². The lowest BCUT2D eigenvalue weighted by atomic mass is 10.3. The van der Waals surface area contributed by atoms with Crippen molar-refractivity contribution in [3.8, 4) is 0 Å². The van der Waals surface area contributed by atoms with Crippen molar-refractivity contribution in [1.82, 2.24) is 0 Å². The van der Waals surface area contributed by atoms with Gasteiger partial charge < -0.3 is 131 Å². The van der Waals surface area contributed by atoms with Gasteiger partial charge in [-0.1, -0.05) is 0 Å².